The van der Waals surface area contributed by atoms with Gasteiger partial charge >= 0.3 is 0 Å². The molecule has 5 aliphatic carbocycles. The highest BCUT2D eigenvalue weighted by Crippen LogP contribution is 2.69. The first-order chi connectivity index (χ1) is 9.16. The molecule has 0 amide bonds. The average molecular weight is 260 g/mol. The highest BCUT2D eigenvalue weighted by atomic mass is 16.3. The van der Waals surface area contributed by atoms with Crippen LogP contribution in [0, 0.1) is 47.3 Å². The summed E-state index contributed by atoms with van der Waals surface area (Å²) in [7, 11) is 0. The van der Waals surface area contributed by atoms with Crippen molar-refractivity contribution in [2.45, 2.75) is 44.8 Å². The zero-order valence-electron chi connectivity index (χ0n) is 11.6. The Morgan fingerprint density at radius 3 is 2.63 bits per heavy atom. The van der Waals surface area contributed by atoms with Crippen molar-refractivity contribution in [3.63, 3.8) is 0 Å². The Kier molecular flexibility index (Phi) is 2.06. The third-order valence-corrected chi connectivity index (χ3v) is 7.72. The molecule has 10 unspecified atom stereocenters. The lowest BCUT2D eigenvalue weighted by Gasteiger charge is -2.36. The number of aliphatic hydroxyl groups excluding tert-OH is 2. The maximum absolute atomic E-state index is 10.4. The fourth-order valence-corrected chi connectivity index (χ4v) is 7.07. The molecule has 0 saturated heterocycles. The van der Waals surface area contributed by atoms with Crippen LogP contribution in [-0.4, -0.2) is 22.4 Å². The monoisotopic (exact) mass is 260 g/mol. The summed E-state index contributed by atoms with van der Waals surface area (Å²) in [6.07, 6.45) is 6.88. The van der Waals surface area contributed by atoms with Crippen molar-refractivity contribution < 1.29 is 10.2 Å². The summed E-state index contributed by atoms with van der Waals surface area (Å²) in [5.41, 5.74) is 1.68. The van der Waals surface area contributed by atoms with E-state index < -0.39 is 0 Å². The van der Waals surface area contributed by atoms with Crippen molar-refractivity contribution in [2.24, 2.45) is 47.3 Å². The van der Waals surface area contributed by atoms with Crippen LogP contribution in [0.25, 0.3) is 0 Å². The van der Waals surface area contributed by atoms with Gasteiger partial charge in [0.1, 0.15) is 0 Å². The van der Waals surface area contributed by atoms with Crippen LogP contribution in [0.2, 0.25) is 0 Å². The third kappa shape index (κ3) is 1.18. The molecule has 2 N–H and O–H groups in total. The quantitative estimate of drug-likeness (QED) is 0.656. The van der Waals surface area contributed by atoms with E-state index in [1.54, 1.807) is 5.57 Å². The fraction of sp³-hybridized carbons (Fsp3) is 0.882. The fourth-order valence-electron chi connectivity index (χ4n) is 7.07. The minimum Gasteiger partial charge on any atom is -0.393 e. The lowest BCUT2D eigenvalue weighted by molar-refractivity contribution is 0.0141. The van der Waals surface area contributed by atoms with Crippen LogP contribution in [0.1, 0.15) is 32.6 Å². The van der Waals surface area contributed by atoms with E-state index >= 15 is 0 Å². The first kappa shape index (κ1) is 11.3. The molecule has 19 heavy (non-hydrogen) atoms. The van der Waals surface area contributed by atoms with E-state index in [0.29, 0.717) is 17.8 Å². The van der Waals surface area contributed by atoms with E-state index in [1.165, 1.54) is 19.3 Å². The minimum atomic E-state index is -0.0856. The Bertz CT molecular complexity index is 456. The van der Waals surface area contributed by atoms with E-state index in [2.05, 4.69) is 13.0 Å². The van der Waals surface area contributed by atoms with Crippen molar-refractivity contribution in [3.05, 3.63) is 11.6 Å². The van der Waals surface area contributed by atoms with Crippen molar-refractivity contribution in [1.82, 2.24) is 0 Å². The Morgan fingerprint density at radius 2 is 1.79 bits per heavy atom. The molecular formula is C17H24O2. The van der Waals surface area contributed by atoms with Crippen LogP contribution in [-0.2, 0) is 0 Å². The van der Waals surface area contributed by atoms with Gasteiger partial charge in [0.25, 0.3) is 0 Å². The predicted octanol–water partition coefficient (Wildman–Crippen LogP) is 2.21. The molecule has 4 saturated carbocycles. The summed E-state index contributed by atoms with van der Waals surface area (Å²) >= 11 is 0. The maximum Gasteiger partial charge on any atom is 0.0608 e. The zero-order valence-corrected chi connectivity index (χ0v) is 11.6. The van der Waals surface area contributed by atoms with Gasteiger partial charge in [0, 0.05) is 0 Å². The summed E-state index contributed by atoms with van der Waals surface area (Å²) in [6.45, 7) is 2.27. The lowest BCUT2D eigenvalue weighted by Crippen LogP contribution is -2.36. The Morgan fingerprint density at radius 1 is 1.00 bits per heavy atom. The van der Waals surface area contributed by atoms with Crippen LogP contribution in [0.3, 0.4) is 0 Å². The molecule has 104 valence electrons. The molecule has 2 heteroatoms. The minimum absolute atomic E-state index is 0.0381. The Labute approximate surface area is 114 Å². The average Bonchev–Trinajstić information content (AvgIpc) is 3.06. The first-order valence-corrected chi connectivity index (χ1v) is 8.22. The van der Waals surface area contributed by atoms with Crippen LogP contribution < -0.4 is 0 Å². The second-order valence-electron chi connectivity index (χ2n) is 8.03. The maximum atomic E-state index is 10.4. The van der Waals surface area contributed by atoms with Gasteiger partial charge in [0.05, 0.1) is 12.2 Å². The summed E-state index contributed by atoms with van der Waals surface area (Å²) in [5.74, 6) is 5.51. The number of aliphatic hydroxyl groups is 2. The largest absolute Gasteiger partial charge is 0.393 e. The molecule has 0 aromatic heterocycles. The molecule has 5 rings (SSSR count). The Balaban J connectivity index is 1.55. The predicted molar refractivity (Wildman–Crippen MR) is 72.2 cm³/mol. The number of rotatable bonds is 0. The molecule has 2 nitrogen and oxygen atoms in total. The third-order valence-electron chi connectivity index (χ3n) is 7.72. The van der Waals surface area contributed by atoms with Crippen molar-refractivity contribution in [3.8, 4) is 0 Å². The van der Waals surface area contributed by atoms with Gasteiger partial charge in [-0.25, -0.2) is 0 Å². The van der Waals surface area contributed by atoms with Gasteiger partial charge in [-0.15, -0.1) is 0 Å². The highest BCUT2D eigenvalue weighted by Gasteiger charge is 2.65. The molecule has 0 spiro atoms. The molecular weight excluding hydrogens is 236 g/mol. The second kappa shape index (κ2) is 3.46. The van der Waals surface area contributed by atoms with Gasteiger partial charge < -0.3 is 10.2 Å². The smallest absolute Gasteiger partial charge is 0.0608 e. The van der Waals surface area contributed by atoms with Crippen LogP contribution >= 0.6 is 0 Å². The van der Waals surface area contributed by atoms with Crippen LogP contribution in [0.5, 0.6) is 0 Å². The van der Waals surface area contributed by atoms with E-state index in [-0.39, 0.29) is 12.2 Å². The number of hydrogen-bond donors (Lipinski definition) is 2. The van der Waals surface area contributed by atoms with Gasteiger partial charge in [-0.05, 0) is 73.0 Å². The number of allylic oxidation sites excluding steroid dienone is 1. The van der Waals surface area contributed by atoms with E-state index in [9.17, 15) is 10.2 Å². The summed E-state index contributed by atoms with van der Waals surface area (Å²) in [4.78, 5) is 0. The Hall–Kier alpha value is -0.340. The molecule has 0 heterocycles. The van der Waals surface area contributed by atoms with Gasteiger partial charge in [0.15, 0.2) is 0 Å². The van der Waals surface area contributed by atoms with E-state index in [0.717, 1.165) is 36.0 Å². The van der Waals surface area contributed by atoms with Gasteiger partial charge in [-0.1, -0.05) is 18.6 Å². The summed E-state index contributed by atoms with van der Waals surface area (Å²) in [5, 5.41) is 20.7. The van der Waals surface area contributed by atoms with Gasteiger partial charge in [-0.2, -0.15) is 0 Å². The van der Waals surface area contributed by atoms with E-state index in [1.807, 2.05) is 0 Å². The molecule has 10 atom stereocenters. The van der Waals surface area contributed by atoms with E-state index in [4.69, 9.17) is 0 Å². The second-order valence-corrected chi connectivity index (χ2v) is 8.03. The molecule has 0 radical (unpaired) electrons. The first-order valence-electron chi connectivity index (χ1n) is 8.22. The number of fused-ring (bicyclic) bond motifs is 11. The molecule has 0 aromatic rings. The van der Waals surface area contributed by atoms with Crippen molar-refractivity contribution in [2.75, 3.05) is 0 Å². The molecule has 0 aromatic carbocycles. The van der Waals surface area contributed by atoms with Gasteiger partial charge in [0.2, 0.25) is 0 Å². The standard InChI is InChI=1S/C17H24O2/c1-7-9-5-13(17(7)19)12-6-11-10-4-8(2-3-14(10)18)15(11)16(9)12/h2,7,9-19H,3-6H2,1H3. The summed E-state index contributed by atoms with van der Waals surface area (Å²) < 4.78 is 0. The number of hydrogen-bond acceptors (Lipinski definition) is 2. The molecule has 4 fully saturated rings. The van der Waals surface area contributed by atoms with Gasteiger partial charge in [-0.3, -0.25) is 0 Å². The lowest BCUT2D eigenvalue weighted by atomic mass is 9.70. The normalized spacial score (nSPS) is 65.1. The molecule has 0 aliphatic heterocycles. The molecule has 4 bridgehead atoms. The van der Waals surface area contributed by atoms with Crippen molar-refractivity contribution >= 4 is 0 Å². The molecule has 5 aliphatic rings. The summed E-state index contributed by atoms with van der Waals surface area (Å²) in [6, 6.07) is 0. The van der Waals surface area contributed by atoms with Crippen molar-refractivity contribution in [1.29, 1.82) is 0 Å². The van der Waals surface area contributed by atoms with Crippen LogP contribution in [0.15, 0.2) is 11.6 Å². The van der Waals surface area contributed by atoms with Crippen LogP contribution in [0.4, 0.5) is 0 Å². The topological polar surface area (TPSA) is 40.5 Å². The zero-order chi connectivity index (χ0) is 12.9. The SMILES string of the molecule is CC1C(O)C2CC1C1C2CC2C3CC(=CCC3O)C21. The highest BCUT2D eigenvalue weighted by molar-refractivity contribution is 5.28.